The van der Waals surface area contributed by atoms with Crippen molar-refractivity contribution in [3.63, 3.8) is 0 Å². The van der Waals surface area contributed by atoms with E-state index in [9.17, 15) is 0 Å². The van der Waals surface area contributed by atoms with Gasteiger partial charge in [-0.3, -0.25) is 4.98 Å². The maximum absolute atomic E-state index is 4.69. The number of aromatic nitrogens is 3. The lowest BCUT2D eigenvalue weighted by molar-refractivity contribution is 0.502. The third-order valence-electron chi connectivity index (χ3n) is 2.93. The van der Waals surface area contributed by atoms with Gasteiger partial charge in [-0.25, -0.2) is 4.98 Å². The summed E-state index contributed by atoms with van der Waals surface area (Å²) in [5.74, 6) is 1.09. The smallest absolute Gasteiger partial charge is 0.127 e. The first-order valence-electron chi connectivity index (χ1n) is 6.20. The highest BCUT2D eigenvalue weighted by atomic mass is 15.1. The van der Waals surface area contributed by atoms with Crippen molar-refractivity contribution in [2.75, 3.05) is 6.54 Å². The molecule has 0 aliphatic rings. The summed E-state index contributed by atoms with van der Waals surface area (Å²) < 4.78 is 2.28. The Morgan fingerprint density at radius 1 is 1.35 bits per heavy atom. The van der Waals surface area contributed by atoms with Crippen LogP contribution in [0.1, 0.15) is 45.6 Å². The Morgan fingerprint density at radius 3 is 2.76 bits per heavy atom. The van der Waals surface area contributed by atoms with Gasteiger partial charge in [0.15, 0.2) is 0 Å². The molecule has 0 saturated carbocycles. The largest absolute Gasteiger partial charge is 0.324 e. The second kappa shape index (κ2) is 4.84. The van der Waals surface area contributed by atoms with Crippen LogP contribution in [0.25, 0.3) is 11.0 Å². The normalized spacial score (nSPS) is 13.5. The standard InChI is InChI=1S/C13H20N4/c1-5-15-10(4)13-16-11-8-14-7-6-12(11)17(13)9(2)3/h6-10,15H,5H2,1-4H3. The summed E-state index contributed by atoms with van der Waals surface area (Å²) in [6.07, 6.45) is 3.65. The van der Waals surface area contributed by atoms with E-state index >= 15 is 0 Å². The topological polar surface area (TPSA) is 42.7 Å². The summed E-state index contributed by atoms with van der Waals surface area (Å²) in [7, 11) is 0. The van der Waals surface area contributed by atoms with Crippen LogP contribution in [-0.2, 0) is 0 Å². The molecule has 0 fully saturated rings. The predicted molar refractivity (Wildman–Crippen MR) is 70.0 cm³/mol. The van der Waals surface area contributed by atoms with Crippen molar-refractivity contribution in [2.24, 2.45) is 0 Å². The molecule has 2 heterocycles. The molecule has 4 heteroatoms. The van der Waals surface area contributed by atoms with E-state index in [1.807, 2.05) is 18.5 Å². The quantitative estimate of drug-likeness (QED) is 0.881. The fourth-order valence-electron chi connectivity index (χ4n) is 2.21. The lowest BCUT2D eigenvalue weighted by Crippen LogP contribution is -2.22. The lowest BCUT2D eigenvalue weighted by atomic mass is 10.2. The molecule has 0 aromatic carbocycles. The second-order valence-corrected chi connectivity index (χ2v) is 4.58. The number of hydrogen-bond acceptors (Lipinski definition) is 3. The zero-order valence-corrected chi connectivity index (χ0v) is 10.9. The summed E-state index contributed by atoms with van der Waals surface area (Å²) in [5.41, 5.74) is 2.13. The number of hydrogen-bond donors (Lipinski definition) is 1. The molecule has 2 aromatic rings. The highest BCUT2D eigenvalue weighted by Crippen LogP contribution is 2.23. The van der Waals surface area contributed by atoms with Gasteiger partial charge in [0.2, 0.25) is 0 Å². The Balaban J connectivity index is 2.57. The number of rotatable bonds is 4. The minimum atomic E-state index is 0.259. The van der Waals surface area contributed by atoms with Gasteiger partial charge in [-0.1, -0.05) is 6.92 Å². The van der Waals surface area contributed by atoms with Crippen LogP contribution >= 0.6 is 0 Å². The monoisotopic (exact) mass is 232 g/mol. The molecule has 1 atom stereocenters. The van der Waals surface area contributed by atoms with Crippen molar-refractivity contribution in [1.29, 1.82) is 0 Å². The van der Waals surface area contributed by atoms with Crippen molar-refractivity contribution in [1.82, 2.24) is 19.9 Å². The molecule has 0 amide bonds. The van der Waals surface area contributed by atoms with Crippen LogP contribution in [0.5, 0.6) is 0 Å². The summed E-state index contributed by atoms with van der Waals surface area (Å²) in [5, 5.41) is 3.41. The van der Waals surface area contributed by atoms with E-state index in [0.29, 0.717) is 6.04 Å². The van der Waals surface area contributed by atoms with E-state index in [-0.39, 0.29) is 6.04 Å². The average Bonchev–Trinajstić information content (AvgIpc) is 2.68. The maximum Gasteiger partial charge on any atom is 0.127 e. The Morgan fingerprint density at radius 2 is 2.12 bits per heavy atom. The molecule has 4 nitrogen and oxygen atoms in total. The Labute approximate surface area is 102 Å². The second-order valence-electron chi connectivity index (χ2n) is 4.58. The molecule has 1 N–H and O–H groups in total. The molecule has 0 saturated heterocycles. The first-order valence-corrected chi connectivity index (χ1v) is 6.20. The number of fused-ring (bicyclic) bond motifs is 1. The molecule has 0 bridgehead atoms. The van der Waals surface area contributed by atoms with Gasteiger partial charge >= 0.3 is 0 Å². The van der Waals surface area contributed by atoms with Crippen LogP contribution in [-0.4, -0.2) is 21.1 Å². The van der Waals surface area contributed by atoms with E-state index in [2.05, 4.69) is 42.6 Å². The van der Waals surface area contributed by atoms with Crippen LogP contribution in [0.2, 0.25) is 0 Å². The summed E-state index contributed by atoms with van der Waals surface area (Å²) in [6, 6.07) is 2.69. The zero-order valence-electron chi connectivity index (χ0n) is 10.9. The van der Waals surface area contributed by atoms with Gasteiger partial charge in [-0.05, 0) is 33.4 Å². The molecule has 1 unspecified atom stereocenters. The van der Waals surface area contributed by atoms with Gasteiger partial charge in [0.05, 0.1) is 17.8 Å². The van der Waals surface area contributed by atoms with Crippen molar-refractivity contribution in [3.8, 4) is 0 Å². The third kappa shape index (κ3) is 2.17. The molecular formula is C13H20N4. The van der Waals surface area contributed by atoms with Crippen molar-refractivity contribution >= 4 is 11.0 Å². The molecule has 17 heavy (non-hydrogen) atoms. The third-order valence-corrected chi connectivity index (χ3v) is 2.93. The maximum atomic E-state index is 4.69. The molecule has 2 rings (SSSR count). The zero-order chi connectivity index (χ0) is 12.4. The highest BCUT2D eigenvalue weighted by molar-refractivity contribution is 5.75. The predicted octanol–water partition coefficient (Wildman–Crippen LogP) is 2.68. The first-order chi connectivity index (χ1) is 8.15. The Hall–Kier alpha value is -1.42. The van der Waals surface area contributed by atoms with Crippen LogP contribution in [0.4, 0.5) is 0 Å². The van der Waals surface area contributed by atoms with Crippen LogP contribution in [0.15, 0.2) is 18.5 Å². The van der Waals surface area contributed by atoms with Crippen LogP contribution < -0.4 is 5.32 Å². The molecule has 2 aromatic heterocycles. The average molecular weight is 232 g/mol. The van der Waals surface area contributed by atoms with Gasteiger partial charge in [-0.2, -0.15) is 0 Å². The summed E-state index contributed by atoms with van der Waals surface area (Å²) in [4.78, 5) is 8.83. The van der Waals surface area contributed by atoms with E-state index in [0.717, 1.165) is 23.4 Å². The first kappa shape index (κ1) is 12.0. The van der Waals surface area contributed by atoms with Crippen molar-refractivity contribution < 1.29 is 0 Å². The SMILES string of the molecule is CCNC(C)c1nc2cnccc2n1C(C)C. The van der Waals surface area contributed by atoms with Crippen LogP contribution in [0.3, 0.4) is 0 Å². The summed E-state index contributed by atoms with van der Waals surface area (Å²) >= 11 is 0. The molecule has 0 spiro atoms. The number of nitrogens with zero attached hydrogens (tertiary/aromatic N) is 3. The molecular weight excluding hydrogens is 212 g/mol. The van der Waals surface area contributed by atoms with Gasteiger partial charge in [-0.15, -0.1) is 0 Å². The van der Waals surface area contributed by atoms with E-state index in [1.54, 1.807) is 0 Å². The van der Waals surface area contributed by atoms with Crippen molar-refractivity contribution in [2.45, 2.75) is 39.8 Å². The van der Waals surface area contributed by atoms with Gasteiger partial charge in [0, 0.05) is 12.2 Å². The molecule has 0 aliphatic heterocycles. The van der Waals surface area contributed by atoms with E-state index in [1.165, 1.54) is 0 Å². The summed E-state index contributed by atoms with van der Waals surface area (Å²) in [6.45, 7) is 9.57. The van der Waals surface area contributed by atoms with Gasteiger partial charge in [0.1, 0.15) is 11.3 Å². The van der Waals surface area contributed by atoms with E-state index in [4.69, 9.17) is 4.98 Å². The van der Waals surface area contributed by atoms with Crippen LogP contribution in [0, 0.1) is 0 Å². The molecule has 0 radical (unpaired) electrons. The fraction of sp³-hybridized carbons (Fsp3) is 0.538. The lowest BCUT2D eigenvalue weighted by Gasteiger charge is -2.17. The van der Waals surface area contributed by atoms with Gasteiger partial charge in [0.25, 0.3) is 0 Å². The molecule has 92 valence electrons. The minimum absolute atomic E-state index is 0.259. The number of pyridine rings is 1. The van der Waals surface area contributed by atoms with E-state index < -0.39 is 0 Å². The number of nitrogens with one attached hydrogen (secondary N) is 1. The Kier molecular flexibility index (Phi) is 3.43. The van der Waals surface area contributed by atoms with Crippen molar-refractivity contribution in [3.05, 3.63) is 24.3 Å². The Bertz CT molecular complexity index is 501. The fourth-order valence-corrected chi connectivity index (χ4v) is 2.21. The highest BCUT2D eigenvalue weighted by Gasteiger charge is 2.17. The minimum Gasteiger partial charge on any atom is -0.324 e. The number of imidazole rings is 1. The molecule has 0 aliphatic carbocycles. The van der Waals surface area contributed by atoms with Gasteiger partial charge < -0.3 is 9.88 Å².